The average molecular weight is 664 g/mol. The highest BCUT2D eigenvalue weighted by molar-refractivity contribution is 9.10. The van der Waals surface area contributed by atoms with Crippen molar-refractivity contribution >= 4 is 56.0 Å². The van der Waals surface area contributed by atoms with E-state index in [1.807, 2.05) is 31.2 Å². The van der Waals surface area contributed by atoms with Gasteiger partial charge in [-0.15, -0.1) is 0 Å². The van der Waals surface area contributed by atoms with E-state index in [0.717, 1.165) is 24.8 Å². The minimum Gasteiger partial charge on any atom is -0.377 e. The zero-order chi connectivity index (χ0) is 31.0. The second-order valence-corrected chi connectivity index (χ2v) is 12.8. The first kappa shape index (κ1) is 30.1. The Kier molecular flexibility index (Phi) is 8.38. The molecule has 3 aromatic rings. The summed E-state index contributed by atoms with van der Waals surface area (Å²) in [6.45, 7) is 4.58. The van der Waals surface area contributed by atoms with Crippen LogP contribution in [0.4, 0.5) is 10.5 Å². The maximum Gasteiger partial charge on any atom is 0.319 e. The van der Waals surface area contributed by atoms with Crippen molar-refractivity contribution in [3.8, 4) is 0 Å². The maximum atomic E-state index is 14.1. The minimum absolute atomic E-state index is 0.0656. The van der Waals surface area contributed by atoms with Crippen LogP contribution in [0.15, 0.2) is 47.1 Å². The third-order valence-electron chi connectivity index (χ3n) is 8.82. The summed E-state index contributed by atoms with van der Waals surface area (Å²) in [7, 11) is 0. The quantitative estimate of drug-likeness (QED) is 0.241. The van der Waals surface area contributed by atoms with Crippen LogP contribution in [-0.4, -0.2) is 75.0 Å². The van der Waals surface area contributed by atoms with Gasteiger partial charge in [-0.05, 0) is 78.4 Å². The van der Waals surface area contributed by atoms with E-state index in [-0.39, 0.29) is 53.6 Å². The monoisotopic (exact) mass is 662 g/mol. The number of benzene rings is 1. The molecule has 230 valence electrons. The smallest absolute Gasteiger partial charge is 0.319 e. The number of ether oxygens (including phenoxy) is 1. The van der Waals surface area contributed by atoms with Gasteiger partial charge in [0.2, 0.25) is 5.91 Å². The van der Waals surface area contributed by atoms with E-state index in [4.69, 9.17) is 4.74 Å². The molecule has 0 spiro atoms. The third kappa shape index (κ3) is 6.05. The Morgan fingerprint density at radius 1 is 1.16 bits per heavy atom. The van der Waals surface area contributed by atoms with Crippen molar-refractivity contribution < 1.29 is 23.9 Å². The molecule has 2 fully saturated rings. The molecule has 12 heteroatoms. The average Bonchev–Trinajstić information content (AvgIpc) is 3.40. The van der Waals surface area contributed by atoms with Crippen molar-refractivity contribution in [3.63, 3.8) is 0 Å². The van der Waals surface area contributed by atoms with Crippen LogP contribution in [0, 0.1) is 12.3 Å². The summed E-state index contributed by atoms with van der Waals surface area (Å²) in [5.41, 5.74) is 2.62. The molecule has 0 unspecified atom stereocenters. The van der Waals surface area contributed by atoms with Crippen LogP contribution in [0.2, 0.25) is 0 Å². The first-order chi connectivity index (χ1) is 21.1. The lowest BCUT2D eigenvalue weighted by Crippen LogP contribution is -2.45. The highest BCUT2D eigenvalue weighted by Gasteiger charge is 2.67. The molecule has 3 aliphatic rings. The molecule has 1 saturated carbocycles. The standard InChI is InChI=1S/C32H35BrN6O5/c1-19-7-10-28(33)36-23(19)14-26(41)25-15-32-16-27(32)39(25)29(42)17-38-24-13-21(8-9-22(24)30(37-38)20(2)40)35-31(43)34-11-5-3-4-6-12-44-18-32/h4,6-10,13,25,27H,3,5,11-12,14-18H2,1-2H3,(H2,34,35,43)/t25-,27+,32-/m0/s1. The third-order valence-corrected chi connectivity index (χ3v) is 9.26. The number of piperidine rings is 1. The Morgan fingerprint density at radius 3 is 2.82 bits per heavy atom. The summed E-state index contributed by atoms with van der Waals surface area (Å²) in [4.78, 5) is 59.2. The molecule has 2 N–H and O–H groups in total. The van der Waals surface area contributed by atoms with E-state index in [2.05, 4.69) is 36.6 Å². The molecule has 0 radical (unpaired) electrons. The summed E-state index contributed by atoms with van der Waals surface area (Å²) in [6, 6.07) is 7.82. The van der Waals surface area contributed by atoms with Crippen LogP contribution in [0.25, 0.3) is 10.9 Å². The fourth-order valence-corrected chi connectivity index (χ4v) is 6.78. The molecular formula is C32H35BrN6O5. The van der Waals surface area contributed by atoms with Crippen molar-refractivity contribution in [3.05, 3.63) is 64.0 Å². The zero-order valence-corrected chi connectivity index (χ0v) is 26.4. The first-order valence-electron chi connectivity index (χ1n) is 14.9. The highest BCUT2D eigenvalue weighted by atomic mass is 79.9. The highest BCUT2D eigenvalue weighted by Crippen LogP contribution is 2.60. The number of pyridine rings is 1. The van der Waals surface area contributed by atoms with Gasteiger partial charge in [0.05, 0.1) is 36.9 Å². The number of Topliss-reactive ketones (excluding diaryl/α,β-unsaturated/α-hetero) is 2. The Labute approximate surface area is 263 Å². The van der Waals surface area contributed by atoms with Gasteiger partial charge in [-0.2, -0.15) is 5.10 Å². The Balaban J connectivity index is 1.34. The van der Waals surface area contributed by atoms with E-state index in [1.165, 1.54) is 11.6 Å². The van der Waals surface area contributed by atoms with Crippen LogP contribution in [0.3, 0.4) is 0 Å². The van der Waals surface area contributed by atoms with Crippen molar-refractivity contribution in [2.45, 2.75) is 64.6 Å². The van der Waals surface area contributed by atoms with Crippen LogP contribution >= 0.6 is 15.9 Å². The van der Waals surface area contributed by atoms with Gasteiger partial charge < -0.3 is 20.3 Å². The molecule has 2 aromatic heterocycles. The number of carbonyl (C=O) groups is 4. The van der Waals surface area contributed by atoms with Crippen molar-refractivity contribution in [2.24, 2.45) is 5.41 Å². The SMILES string of the molecule is CC(=O)c1nn2c3cc(ccc13)NC(=O)NCCCC=CCOC[C@@]13C[C@@H](C(=O)Cc4nc(Br)ccc4C)N(C(=O)C2)[C@@H]1C3. The number of urea groups is 1. The zero-order valence-electron chi connectivity index (χ0n) is 24.8. The summed E-state index contributed by atoms with van der Waals surface area (Å²) in [5, 5.41) is 10.8. The van der Waals surface area contributed by atoms with Gasteiger partial charge in [0, 0.05) is 36.0 Å². The van der Waals surface area contributed by atoms with Crippen LogP contribution < -0.4 is 10.6 Å². The minimum atomic E-state index is -0.621. The van der Waals surface area contributed by atoms with E-state index < -0.39 is 6.04 Å². The summed E-state index contributed by atoms with van der Waals surface area (Å²) < 4.78 is 8.19. The Bertz CT molecular complexity index is 1680. The van der Waals surface area contributed by atoms with E-state index in [1.54, 1.807) is 23.1 Å². The molecule has 11 nitrogen and oxygen atoms in total. The van der Waals surface area contributed by atoms with Crippen molar-refractivity contribution in [1.82, 2.24) is 25.0 Å². The number of nitrogens with zero attached hydrogens (tertiary/aromatic N) is 4. The molecule has 3 atom stereocenters. The first-order valence-corrected chi connectivity index (χ1v) is 15.7. The summed E-state index contributed by atoms with van der Waals surface area (Å²) in [5.74, 6) is -0.552. The molecule has 6 rings (SSSR count). The molecule has 1 aliphatic carbocycles. The lowest BCUT2D eigenvalue weighted by molar-refractivity contribution is -0.139. The predicted octanol–water partition coefficient (Wildman–Crippen LogP) is 4.36. The molecular weight excluding hydrogens is 628 g/mol. The lowest BCUT2D eigenvalue weighted by Gasteiger charge is -2.27. The van der Waals surface area contributed by atoms with Gasteiger partial charge in [0.15, 0.2) is 11.6 Å². The number of hydrogen-bond acceptors (Lipinski definition) is 7. The number of aryl methyl sites for hydroxylation is 1. The van der Waals surface area contributed by atoms with Gasteiger partial charge in [0.25, 0.3) is 0 Å². The number of rotatable bonds is 4. The number of halogens is 1. The van der Waals surface area contributed by atoms with E-state index in [0.29, 0.717) is 53.1 Å². The maximum absolute atomic E-state index is 14.1. The molecule has 44 heavy (non-hydrogen) atoms. The van der Waals surface area contributed by atoms with Gasteiger partial charge in [-0.3, -0.25) is 19.1 Å². The fourth-order valence-electron chi connectivity index (χ4n) is 6.43. The number of fused-ring (bicyclic) bond motifs is 1. The number of nitrogens with one attached hydrogen (secondary N) is 2. The van der Waals surface area contributed by atoms with Crippen LogP contribution in [0.5, 0.6) is 0 Å². The normalized spacial score (nSPS) is 24.1. The Hall–Kier alpha value is -3.90. The second kappa shape index (κ2) is 12.2. The number of aromatic nitrogens is 3. The predicted molar refractivity (Wildman–Crippen MR) is 167 cm³/mol. The van der Waals surface area contributed by atoms with Crippen LogP contribution in [0.1, 0.15) is 54.4 Å². The van der Waals surface area contributed by atoms with Gasteiger partial charge >= 0.3 is 6.03 Å². The van der Waals surface area contributed by atoms with Crippen molar-refractivity contribution in [1.29, 1.82) is 0 Å². The van der Waals surface area contributed by atoms with Gasteiger partial charge in [-0.25, -0.2) is 9.78 Å². The lowest BCUT2D eigenvalue weighted by atomic mass is 9.95. The second-order valence-electron chi connectivity index (χ2n) is 11.9. The summed E-state index contributed by atoms with van der Waals surface area (Å²) in [6.07, 6.45) is 6.97. The molecule has 4 heterocycles. The largest absolute Gasteiger partial charge is 0.377 e. The molecule has 1 saturated heterocycles. The number of hydrogen-bond donors (Lipinski definition) is 2. The number of amides is 3. The number of allylic oxidation sites excluding steroid dienone is 1. The van der Waals surface area contributed by atoms with E-state index >= 15 is 0 Å². The molecule has 1 aromatic carbocycles. The molecule has 3 amide bonds. The fraction of sp³-hybridized carbons (Fsp3) is 0.438. The van der Waals surface area contributed by atoms with Gasteiger partial charge in [-0.1, -0.05) is 18.2 Å². The van der Waals surface area contributed by atoms with E-state index in [9.17, 15) is 19.2 Å². The number of anilines is 1. The topological polar surface area (TPSA) is 136 Å². The van der Waals surface area contributed by atoms with Crippen LogP contribution in [-0.2, 0) is 27.3 Å². The molecule has 4 bridgehead atoms. The molecule has 2 aliphatic heterocycles. The number of ketones is 2. The van der Waals surface area contributed by atoms with Gasteiger partial charge in [0.1, 0.15) is 16.8 Å². The van der Waals surface area contributed by atoms with Crippen molar-refractivity contribution in [2.75, 3.05) is 25.1 Å². The Morgan fingerprint density at radius 2 is 2.00 bits per heavy atom. The summed E-state index contributed by atoms with van der Waals surface area (Å²) >= 11 is 3.40. The number of carbonyl (C=O) groups excluding carboxylic acids is 4.